The number of ether oxygens (including phenoxy) is 1. The zero-order valence-electron chi connectivity index (χ0n) is 11.4. The average molecular weight is 288 g/mol. The maximum Gasteiger partial charge on any atom is 0.305 e. The van der Waals surface area contributed by atoms with Crippen molar-refractivity contribution in [2.45, 2.75) is 31.9 Å². The largest absolute Gasteiger partial charge is 0.486 e. The highest BCUT2D eigenvalue weighted by Crippen LogP contribution is 2.41. The minimum Gasteiger partial charge on any atom is -0.486 e. The molecular formula is C14H16N4O3. The van der Waals surface area contributed by atoms with E-state index in [-0.39, 0.29) is 19.1 Å². The number of aromatic nitrogens is 4. The Morgan fingerprint density at radius 3 is 2.81 bits per heavy atom. The van der Waals surface area contributed by atoms with Gasteiger partial charge in [-0.15, -0.1) is 5.10 Å². The topological polar surface area (TPSA) is 90.1 Å². The Morgan fingerprint density at radius 1 is 1.38 bits per heavy atom. The molecule has 2 aromatic rings. The lowest BCUT2D eigenvalue weighted by molar-refractivity contribution is -0.138. The molecule has 0 spiro atoms. The Balaban J connectivity index is 1.72. The van der Waals surface area contributed by atoms with Gasteiger partial charge in [0.2, 0.25) is 0 Å². The fraction of sp³-hybridized carbons (Fsp3) is 0.429. The highest BCUT2D eigenvalue weighted by molar-refractivity contribution is 5.67. The molecule has 1 heterocycles. The van der Waals surface area contributed by atoms with E-state index in [2.05, 4.69) is 15.5 Å². The van der Waals surface area contributed by atoms with Crippen molar-refractivity contribution in [2.75, 3.05) is 0 Å². The fourth-order valence-corrected chi connectivity index (χ4v) is 2.34. The Labute approximate surface area is 121 Å². The second-order valence-electron chi connectivity index (χ2n) is 5.14. The van der Waals surface area contributed by atoms with Crippen molar-refractivity contribution < 1.29 is 14.6 Å². The maximum absolute atomic E-state index is 11.0. The lowest BCUT2D eigenvalue weighted by atomic mass is 10.1. The Morgan fingerprint density at radius 2 is 2.14 bits per heavy atom. The third kappa shape index (κ3) is 3.36. The Kier molecular flexibility index (Phi) is 3.81. The van der Waals surface area contributed by atoms with E-state index in [4.69, 9.17) is 9.84 Å². The minimum atomic E-state index is -0.836. The first-order valence-corrected chi connectivity index (χ1v) is 6.90. The highest BCUT2D eigenvalue weighted by atomic mass is 16.5. The van der Waals surface area contributed by atoms with E-state index in [1.807, 2.05) is 30.3 Å². The molecule has 1 aromatic heterocycles. The number of carboxylic acid groups (broad SMARTS) is 1. The third-order valence-corrected chi connectivity index (χ3v) is 3.54. The summed E-state index contributed by atoms with van der Waals surface area (Å²) in [6.45, 7) is 0.222. The molecule has 0 saturated heterocycles. The molecule has 1 unspecified atom stereocenters. The first-order chi connectivity index (χ1) is 10.2. The summed E-state index contributed by atoms with van der Waals surface area (Å²) in [6, 6.07) is 9.19. The molecule has 0 aliphatic heterocycles. The number of nitrogens with zero attached hydrogens (tertiary/aromatic N) is 4. The van der Waals surface area contributed by atoms with Crippen LogP contribution in [0.5, 0.6) is 5.75 Å². The highest BCUT2D eigenvalue weighted by Gasteiger charge is 2.36. The predicted molar refractivity (Wildman–Crippen MR) is 72.6 cm³/mol. The number of hydrogen-bond donors (Lipinski definition) is 1. The number of aliphatic carboxylic acids is 1. The van der Waals surface area contributed by atoms with Gasteiger partial charge >= 0.3 is 5.97 Å². The molecule has 1 aromatic carbocycles. The summed E-state index contributed by atoms with van der Waals surface area (Å²) < 4.78 is 7.24. The summed E-state index contributed by atoms with van der Waals surface area (Å²) in [4.78, 5) is 11.0. The average Bonchev–Trinajstić information content (AvgIpc) is 3.22. The van der Waals surface area contributed by atoms with Crippen molar-refractivity contribution in [3.05, 3.63) is 36.2 Å². The number of tetrazole rings is 1. The molecule has 1 aliphatic rings. The van der Waals surface area contributed by atoms with Gasteiger partial charge in [0.05, 0.1) is 12.5 Å². The quantitative estimate of drug-likeness (QED) is 0.833. The molecule has 1 aliphatic carbocycles. The molecular weight excluding hydrogens is 272 g/mol. The molecule has 21 heavy (non-hydrogen) atoms. The first-order valence-electron chi connectivity index (χ1n) is 6.90. The van der Waals surface area contributed by atoms with Gasteiger partial charge in [0.15, 0.2) is 5.82 Å². The van der Waals surface area contributed by atoms with Crippen molar-refractivity contribution in [3.8, 4) is 5.75 Å². The smallest absolute Gasteiger partial charge is 0.305 e. The van der Waals surface area contributed by atoms with Crippen LogP contribution in [0.1, 0.15) is 31.1 Å². The molecule has 1 saturated carbocycles. The van der Waals surface area contributed by atoms with Crippen LogP contribution in [0.3, 0.4) is 0 Å². The second-order valence-corrected chi connectivity index (χ2v) is 5.14. The van der Waals surface area contributed by atoms with Crippen LogP contribution < -0.4 is 4.74 Å². The van der Waals surface area contributed by atoms with Crippen LogP contribution in [-0.2, 0) is 11.4 Å². The lowest BCUT2D eigenvalue weighted by Crippen LogP contribution is -2.20. The van der Waals surface area contributed by atoms with Gasteiger partial charge in [0, 0.05) is 0 Å². The zero-order valence-corrected chi connectivity index (χ0v) is 11.4. The minimum absolute atomic E-state index is 0.0358. The summed E-state index contributed by atoms with van der Waals surface area (Å²) in [5, 5.41) is 20.6. The maximum atomic E-state index is 11.0. The number of benzene rings is 1. The standard InChI is InChI=1S/C14H16N4O3/c19-14(20)8-12(10-6-7-10)18-13(15-16-17-18)9-21-11-4-2-1-3-5-11/h1-5,10,12H,6-9H2,(H,19,20). The van der Waals surface area contributed by atoms with Gasteiger partial charge < -0.3 is 9.84 Å². The molecule has 3 rings (SSSR count). The Hall–Kier alpha value is -2.44. The van der Waals surface area contributed by atoms with E-state index in [0.29, 0.717) is 11.7 Å². The first kappa shape index (κ1) is 13.5. The monoisotopic (exact) mass is 288 g/mol. The van der Waals surface area contributed by atoms with E-state index in [1.54, 1.807) is 4.68 Å². The number of carbonyl (C=O) groups is 1. The van der Waals surface area contributed by atoms with Crippen molar-refractivity contribution in [2.24, 2.45) is 5.92 Å². The van der Waals surface area contributed by atoms with Gasteiger partial charge in [0.25, 0.3) is 0 Å². The Bertz CT molecular complexity index is 610. The van der Waals surface area contributed by atoms with Crippen molar-refractivity contribution in [3.63, 3.8) is 0 Å². The van der Waals surface area contributed by atoms with Crippen LogP contribution in [-0.4, -0.2) is 31.3 Å². The molecule has 1 N–H and O–H groups in total. The normalized spacial score (nSPS) is 15.6. The lowest BCUT2D eigenvalue weighted by Gasteiger charge is -2.15. The van der Waals surface area contributed by atoms with Crippen LogP contribution in [0.4, 0.5) is 0 Å². The van der Waals surface area contributed by atoms with Gasteiger partial charge in [-0.1, -0.05) is 18.2 Å². The van der Waals surface area contributed by atoms with Gasteiger partial charge in [0.1, 0.15) is 12.4 Å². The van der Waals surface area contributed by atoms with E-state index in [9.17, 15) is 4.79 Å². The van der Waals surface area contributed by atoms with Crippen LogP contribution >= 0.6 is 0 Å². The van der Waals surface area contributed by atoms with Crippen molar-refractivity contribution in [1.82, 2.24) is 20.2 Å². The number of carboxylic acids is 1. The molecule has 1 fully saturated rings. The van der Waals surface area contributed by atoms with Gasteiger partial charge in [-0.25, -0.2) is 4.68 Å². The third-order valence-electron chi connectivity index (χ3n) is 3.54. The molecule has 7 heteroatoms. The van der Waals surface area contributed by atoms with Crippen LogP contribution in [0, 0.1) is 5.92 Å². The summed E-state index contributed by atoms with van der Waals surface area (Å²) in [5.41, 5.74) is 0. The van der Waals surface area contributed by atoms with E-state index < -0.39 is 5.97 Å². The van der Waals surface area contributed by atoms with Gasteiger partial charge in [-0.05, 0) is 41.3 Å². The molecule has 7 nitrogen and oxygen atoms in total. The van der Waals surface area contributed by atoms with E-state index in [0.717, 1.165) is 18.6 Å². The zero-order chi connectivity index (χ0) is 14.7. The SMILES string of the molecule is O=C(O)CC(C1CC1)n1nnnc1COc1ccccc1. The van der Waals surface area contributed by atoms with Crippen LogP contribution in [0.15, 0.2) is 30.3 Å². The van der Waals surface area contributed by atoms with Crippen molar-refractivity contribution in [1.29, 1.82) is 0 Å². The van der Waals surface area contributed by atoms with E-state index in [1.165, 1.54) is 0 Å². The number of rotatable bonds is 7. The molecule has 1 atom stereocenters. The molecule has 0 radical (unpaired) electrons. The predicted octanol–water partition coefficient (Wildman–Crippen LogP) is 1.68. The van der Waals surface area contributed by atoms with Gasteiger partial charge in [-0.2, -0.15) is 0 Å². The van der Waals surface area contributed by atoms with Crippen molar-refractivity contribution >= 4 is 5.97 Å². The molecule has 0 amide bonds. The van der Waals surface area contributed by atoms with E-state index >= 15 is 0 Å². The molecule has 110 valence electrons. The fourth-order valence-electron chi connectivity index (χ4n) is 2.34. The number of para-hydroxylation sites is 1. The second kappa shape index (κ2) is 5.90. The molecule has 0 bridgehead atoms. The number of hydrogen-bond acceptors (Lipinski definition) is 5. The summed E-state index contributed by atoms with van der Waals surface area (Å²) in [6.07, 6.45) is 2.08. The summed E-state index contributed by atoms with van der Waals surface area (Å²) in [7, 11) is 0. The summed E-state index contributed by atoms with van der Waals surface area (Å²) in [5.74, 6) is 0.794. The van der Waals surface area contributed by atoms with Crippen LogP contribution in [0.25, 0.3) is 0 Å². The summed E-state index contributed by atoms with van der Waals surface area (Å²) >= 11 is 0. The van der Waals surface area contributed by atoms with Crippen LogP contribution in [0.2, 0.25) is 0 Å². The van der Waals surface area contributed by atoms with Gasteiger partial charge in [-0.3, -0.25) is 4.79 Å².